The van der Waals surface area contributed by atoms with E-state index >= 15 is 0 Å². The summed E-state index contributed by atoms with van der Waals surface area (Å²) in [7, 11) is 0. The predicted molar refractivity (Wildman–Crippen MR) is 104 cm³/mol. The van der Waals surface area contributed by atoms with Crippen LogP contribution in [0.25, 0.3) is 11.0 Å². The number of aryl methyl sites for hydroxylation is 3. The van der Waals surface area contributed by atoms with Crippen LogP contribution in [0, 0.1) is 20.8 Å². The van der Waals surface area contributed by atoms with E-state index in [-0.39, 0.29) is 18.8 Å². The van der Waals surface area contributed by atoms with E-state index in [1.54, 1.807) is 9.13 Å². The number of imidazole rings is 1. The molecule has 26 heavy (non-hydrogen) atoms. The van der Waals surface area contributed by atoms with Gasteiger partial charge in [-0.15, -0.1) is 0 Å². The van der Waals surface area contributed by atoms with Gasteiger partial charge in [0.15, 0.2) is 0 Å². The summed E-state index contributed by atoms with van der Waals surface area (Å²) in [6.45, 7) is 8.94. The van der Waals surface area contributed by atoms with Crippen molar-refractivity contribution in [3.8, 4) is 5.75 Å². The fraction of sp³-hybridized carbons (Fsp3) is 0.381. The Labute approximate surface area is 153 Å². The van der Waals surface area contributed by atoms with Gasteiger partial charge in [0.25, 0.3) is 0 Å². The Bertz CT molecular complexity index is 985. The van der Waals surface area contributed by atoms with E-state index in [0.29, 0.717) is 6.54 Å². The van der Waals surface area contributed by atoms with Gasteiger partial charge in [0, 0.05) is 6.54 Å². The van der Waals surface area contributed by atoms with E-state index in [1.165, 1.54) is 0 Å². The molecule has 0 bridgehead atoms. The normalized spacial score (nSPS) is 12.5. The molecule has 0 radical (unpaired) electrons. The smallest absolute Gasteiger partial charge is 0.329 e. The third-order valence-corrected chi connectivity index (χ3v) is 4.93. The van der Waals surface area contributed by atoms with E-state index in [1.807, 2.05) is 58.0 Å². The van der Waals surface area contributed by atoms with Crippen LogP contribution in [0.2, 0.25) is 0 Å². The summed E-state index contributed by atoms with van der Waals surface area (Å²) in [5.41, 5.74) is 4.90. The number of nitrogens with zero attached hydrogens (tertiary/aromatic N) is 2. The molecule has 5 heteroatoms. The highest BCUT2D eigenvalue weighted by Gasteiger charge is 2.16. The minimum atomic E-state index is -0.775. The fourth-order valence-corrected chi connectivity index (χ4v) is 3.35. The molecule has 0 saturated carbocycles. The lowest BCUT2D eigenvalue weighted by molar-refractivity contribution is 0.0918. The summed E-state index contributed by atoms with van der Waals surface area (Å²) >= 11 is 0. The highest BCUT2D eigenvalue weighted by atomic mass is 16.5. The predicted octanol–water partition coefficient (Wildman–Crippen LogP) is 3.19. The molecule has 5 nitrogen and oxygen atoms in total. The van der Waals surface area contributed by atoms with Crippen LogP contribution < -0.4 is 10.4 Å². The molecule has 2 aromatic carbocycles. The number of aliphatic hydroxyl groups is 1. The first-order chi connectivity index (χ1) is 12.4. The second-order valence-electron chi connectivity index (χ2n) is 6.74. The minimum Gasteiger partial charge on any atom is -0.490 e. The van der Waals surface area contributed by atoms with Crippen molar-refractivity contribution in [1.82, 2.24) is 9.13 Å². The van der Waals surface area contributed by atoms with Crippen LogP contribution >= 0.6 is 0 Å². The van der Waals surface area contributed by atoms with Crippen molar-refractivity contribution in [2.45, 2.75) is 46.9 Å². The zero-order valence-electron chi connectivity index (χ0n) is 15.8. The topological polar surface area (TPSA) is 56.4 Å². The number of hydrogen-bond donors (Lipinski definition) is 1. The second kappa shape index (κ2) is 7.38. The Balaban J connectivity index is 1.81. The van der Waals surface area contributed by atoms with Crippen molar-refractivity contribution < 1.29 is 9.84 Å². The number of ether oxygens (including phenoxy) is 1. The molecule has 0 aliphatic heterocycles. The number of aliphatic hydroxyl groups excluding tert-OH is 1. The lowest BCUT2D eigenvalue weighted by atomic mass is 10.1. The maximum Gasteiger partial charge on any atom is 0.329 e. The molecule has 1 aromatic heterocycles. The number of fused-ring (bicyclic) bond motifs is 1. The van der Waals surface area contributed by atoms with Gasteiger partial charge in [0.05, 0.1) is 17.6 Å². The van der Waals surface area contributed by atoms with Crippen LogP contribution in [-0.4, -0.2) is 27.0 Å². The van der Waals surface area contributed by atoms with Crippen molar-refractivity contribution in [1.29, 1.82) is 0 Å². The van der Waals surface area contributed by atoms with Crippen molar-refractivity contribution in [2.75, 3.05) is 6.61 Å². The van der Waals surface area contributed by atoms with Crippen LogP contribution in [0.3, 0.4) is 0 Å². The zero-order valence-corrected chi connectivity index (χ0v) is 15.8. The van der Waals surface area contributed by atoms with Crippen LogP contribution in [0.15, 0.2) is 41.2 Å². The van der Waals surface area contributed by atoms with Crippen molar-refractivity contribution in [3.05, 3.63) is 63.6 Å². The fourth-order valence-electron chi connectivity index (χ4n) is 3.35. The molecule has 138 valence electrons. The SMILES string of the molecule is CCn1c(=O)n(CC(O)COc2c(C)ccc(C)c2C)c2ccccc21. The maximum absolute atomic E-state index is 12.7. The van der Waals surface area contributed by atoms with Crippen LogP contribution in [0.1, 0.15) is 23.6 Å². The average Bonchev–Trinajstić information content (AvgIpc) is 2.90. The molecule has 1 heterocycles. The summed E-state index contributed by atoms with van der Waals surface area (Å²) in [5, 5.41) is 10.5. The van der Waals surface area contributed by atoms with Crippen molar-refractivity contribution in [2.24, 2.45) is 0 Å². The third-order valence-electron chi connectivity index (χ3n) is 4.93. The van der Waals surface area contributed by atoms with Gasteiger partial charge in [-0.05, 0) is 56.5 Å². The largest absolute Gasteiger partial charge is 0.490 e. The van der Waals surface area contributed by atoms with Gasteiger partial charge in [-0.25, -0.2) is 4.79 Å². The first-order valence-electron chi connectivity index (χ1n) is 8.99. The number of aromatic nitrogens is 2. The summed E-state index contributed by atoms with van der Waals surface area (Å²) in [6.07, 6.45) is -0.775. The lowest BCUT2D eigenvalue weighted by Crippen LogP contribution is -2.31. The van der Waals surface area contributed by atoms with Crippen LogP contribution in [0.5, 0.6) is 5.75 Å². The maximum atomic E-state index is 12.7. The quantitative estimate of drug-likeness (QED) is 0.740. The van der Waals surface area contributed by atoms with Gasteiger partial charge in [-0.2, -0.15) is 0 Å². The summed E-state index contributed by atoms with van der Waals surface area (Å²) in [4.78, 5) is 12.7. The van der Waals surface area contributed by atoms with E-state index < -0.39 is 6.10 Å². The first-order valence-corrected chi connectivity index (χ1v) is 8.99. The Kier molecular flexibility index (Phi) is 5.18. The molecule has 0 amide bonds. The van der Waals surface area contributed by atoms with Gasteiger partial charge in [0.2, 0.25) is 0 Å². The number of benzene rings is 2. The molecule has 1 unspecified atom stereocenters. The van der Waals surface area contributed by atoms with E-state index in [0.717, 1.165) is 33.5 Å². The van der Waals surface area contributed by atoms with E-state index in [9.17, 15) is 9.90 Å². The second-order valence-corrected chi connectivity index (χ2v) is 6.74. The van der Waals surface area contributed by atoms with Crippen LogP contribution in [0.4, 0.5) is 0 Å². The van der Waals surface area contributed by atoms with Gasteiger partial charge >= 0.3 is 5.69 Å². The van der Waals surface area contributed by atoms with Gasteiger partial charge < -0.3 is 9.84 Å². The highest BCUT2D eigenvalue weighted by molar-refractivity contribution is 5.75. The van der Waals surface area contributed by atoms with Gasteiger partial charge in [0.1, 0.15) is 18.5 Å². The third kappa shape index (κ3) is 3.27. The lowest BCUT2D eigenvalue weighted by Gasteiger charge is -2.17. The minimum absolute atomic E-state index is 0.101. The molecule has 1 atom stereocenters. The highest BCUT2D eigenvalue weighted by Crippen LogP contribution is 2.26. The standard InChI is InChI=1S/C21H26N2O3/c1-5-22-18-8-6-7-9-19(18)23(21(22)25)12-17(24)13-26-20-15(3)11-10-14(2)16(20)4/h6-11,17,24H,5,12-13H2,1-4H3. The Morgan fingerprint density at radius 1 is 1.00 bits per heavy atom. The van der Waals surface area contributed by atoms with E-state index in [4.69, 9.17) is 4.74 Å². The van der Waals surface area contributed by atoms with E-state index in [2.05, 4.69) is 6.07 Å². The Hall–Kier alpha value is -2.53. The molecule has 0 fully saturated rings. The van der Waals surface area contributed by atoms with Gasteiger partial charge in [-0.3, -0.25) is 9.13 Å². The molecule has 0 saturated heterocycles. The monoisotopic (exact) mass is 354 g/mol. The summed E-state index contributed by atoms with van der Waals surface area (Å²) in [6, 6.07) is 11.7. The van der Waals surface area contributed by atoms with Crippen LogP contribution in [-0.2, 0) is 13.1 Å². The molecule has 0 aliphatic rings. The number of hydrogen-bond acceptors (Lipinski definition) is 3. The Morgan fingerprint density at radius 3 is 2.27 bits per heavy atom. The number of rotatable bonds is 6. The first kappa shape index (κ1) is 18.3. The van der Waals surface area contributed by atoms with Gasteiger partial charge in [-0.1, -0.05) is 24.3 Å². The summed E-state index contributed by atoms with van der Waals surface area (Å²) < 4.78 is 9.24. The van der Waals surface area contributed by atoms with Crippen molar-refractivity contribution >= 4 is 11.0 Å². The molecule has 0 aliphatic carbocycles. The van der Waals surface area contributed by atoms with Crippen molar-refractivity contribution in [3.63, 3.8) is 0 Å². The number of para-hydroxylation sites is 2. The molecule has 0 spiro atoms. The molecular weight excluding hydrogens is 328 g/mol. The average molecular weight is 354 g/mol. The molecule has 3 aromatic rings. The molecular formula is C21H26N2O3. The summed E-state index contributed by atoms with van der Waals surface area (Å²) in [5.74, 6) is 0.812. The Morgan fingerprint density at radius 2 is 1.62 bits per heavy atom. The molecule has 1 N–H and O–H groups in total. The zero-order chi connectivity index (χ0) is 18.8. The molecule has 3 rings (SSSR count).